The molecule has 0 bridgehead atoms. The van der Waals surface area contributed by atoms with Crippen LogP contribution in [-0.4, -0.2) is 16.5 Å². The highest BCUT2D eigenvalue weighted by molar-refractivity contribution is 9.10. The van der Waals surface area contributed by atoms with Crippen LogP contribution in [0.1, 0.15) is 26.0 Å². The fraction of sp³-hybridized carbons (Fsp3) is 0.333. The Morgan fingerprint density at radius 1 is 1.10 bits per heavy atom. The molecule has 0 radical (unpaired) electrons. The summed E-state index contributed by atoms with van der Waals surface area (Å²) in [4.78, 5) is 8.75. The van der Waals surface area contributed by atoms with E-state index in [4.69, 9.17) is 0 Å². The lowest BCUT2D eigenvalue weighted by molar-refractivity contribution is 0.584. The first-order valence-electron chi connectivity index (χ1n) is 6.81. The number of benzene rings is 1. The molecule has 2 rings (SSSR count). The predicted molar refractivity (Wildman–Crippen MR) is 83.2 cm³/mol. The van der Waals surface area contributed by atoms with Crippen molar-refractivity contribution in [2.24, 2.45) is 0 Å². The topological polar surface area (TPSA) is 37.8 Å². The molecule has 1 aromatic heterocycles. The molecule has 0 saturated carbocycles. The molecule has 0 spiro atoms. The maximum atomic E-state index is 13.4. The molecule has 0 aliphatic carbocycles. The van der Waals surface area contributed by atoms with Gasteiger partial charge in [-0.1, -0.05) is 13.8 Å². The number of hydrogen-bond acceptors (Lipinski definition) is 3. The molecule has 1 heterocycles. The van der Waals surface area contributed by atoms with Crippen molar-refractivity contribution < 1.29 is 8.78 Å². The van der Waals surface area contributed by atoms with Crippen LogP contribution >= 0.6 is 15.9 Å². The Morgan fingerprint density at radius 3 is 2.33 bits per heavy atom. The van der Waals surface area contributed by atoms with E-state index >= 15 is 0 Å². The van der Waals surface area contributed by atoms with Gasteiger partial charge in [0.1, 0.15) is 17.5 Å². The molecular weight excluding hydrogens is 340 g/mol. The number of rotatable bonds is 5. The van der Waals surface area contributed by atoms with Gasteiger partial charge in [0.15, 0.2) is 5.82 Å². The lowest BCUT2D eigenvalue weighted by atomic mass is 10.2. The average Bonchev–Trinajstić information content (AvgIpc) is 2.45. The van der Waals surface area contributed by atoms with E-state index in [1.807, 2.05) is 13.8 Å². The normalized spacial score (nSPS) is 10.7. The molecule has 112 valence electrons. The van der Waals surface area contributed by atoms with Crippen LogP contribution < -0.4 is 5.32 Å². The Labute approximate surface area is 131 Å². The van der Waals surface area contributed by atoms with Crippen LogP contribution in [0.25, 0.3) is 11.4 Å². The summed E-state index contributed by atoms with van der Waals surface area (Å²) in [5.41, 5.74) is 1.12. The molecule has 0 saturated heterocycles. The van der Waals surface area contributed by atoms with Crippen molar-refractivity contribution in [3.8, 4) is 11.4 Å². The third kappa shape index (κ3) is 3.75. The summed E-state index contributed by atoms with van der Waals surface area (Å²) < 4.78 is 27.5. The van der Waals surface area contributed by atoms with Crippen molar-refractivity contribution in [1.29, 1.82) is 0 Å². The van der Waals surface area contributed by atoms with Gasteiger partial charge in [-0.15, -0.1) is 0 Å². The van der Waals surface area contributed by atoms with Gasteiger partial charge < -0.3 is 5.32 Å². The monoisotopic (exact) mass is 355 g/mol. The van der Waals surface area contributed by atoms with E-state index in [0.29, 0.717) is 23.6 Å². The molecule has 1 N–H and O–H groups in total. The Bertz CT molecular complexity index is 627. The van der Waals surface area contributed by atoms with Crippen LogP contribution in [0.2, 0.25) is 0 Å². The molecule has 0 fully saturated rings. The number of aromatic nitrogens is 2. The van der Waals surface area contributed by atoms with Gasteiger partial charge in [0.05, 0.1) is 10.2 Å². The summed E-state index contributed by atoms with van der Waals surface area (Å²) in [7, 11) is 0. The summed E-state index contributed by atoms with van der Waals surface area (Å²) in [6.07, 6.45) is 1.64. The van der Waals surface area contributed by atoms with Gasteiger partial charge in [-0.05, 0) is 40.9 Å². The van der Waals surface area contributed by atoms with Gasteiger partial charge in [0.2, 0.25) is 0 Å². The van der Waals surface area contributed by atoms with Gasteiger partial charge in [-0.25, -0.2) is 18.7 Å². The number of halogens is 3. The summed E-state index contributed by atoms with van der Waals surface area (Å²) >= 11 is 3.47. The first-order chi connectivity index (χ1) is 10.0. The van der Waals surface area contributed by atoms with E-state index < -0.39 is 11.6 Å². The maximum absolute atomic E-state index is 13.4. The number of aryl methyl sites for hydroxylation is 1. The minimum Gasteiger partial charge on any atom is -0.369 e. The second-order valence-corrected chi connectivity index (χ2v) is 5.39. The summed E-state index contributed by atoms with van der Waals surface area (Å²) in [5.74, 6) is -0.328. The molecule has 6 heteroatoms. The van der Waals surface area contributed by atoms with Gasteiger partial charge in [0.25, 0.3) is 0 Å². The van der Waals surface area contributed by atoms with Gasteiger partial charge in [-0.2, -0.15) is 0 Å². The molecule has 0 aliphatic heterocycles. The van der Waals surface area contributed by atoms with E-state index in [9.17, 15) is 8.78 Å². The lowest BCUT2D eigenvalue weighted by Crippen LogP contribution is -2.07. The van der Waals surface area contributed by atoms with E-state index in [1.54, 1.807) is 0 Å². The second kappa shape index (κ2) is 6.93. The van der Waals surface area contributed by atoms with Crippen molar-refractivity contribution in [3.63, 3.8) is 0 Å². The molecule has 0 aliphatic rings. The first kappa shape index (κ1) is 15.8. The fourth-order valence-corrected chi connectivity index (χ4v) is 2.50. The molecule has 0 unspecified atom stereocenters. The third-order valence-electron chi connectivity index (χ3n) is 2.92. The molecule has 1 aromatic carbocycles. The minimum atomic E-state index is -0.641. The van der Waals surface area contributed by atoms with Crippen LogP contribution in [0.5, 0.6) is 0 Å². The smallest absolute Gasteiger partial charge is 0.162 e. The molecule has 21 heavy (non-hydrogen) atoms. The zero-order chi connectivity index (χ0) is 15.4. The van der Waals surface area contributed by atoms with Crippen molar-refractivity contribution in [3.05, 3.63) is 40.0 Å². The Balaban J connectivity index is 2.52. The summed E-state index contributed by atoms with van der Waals surface area (Å²) in [6.45, 7) is 4.77. The van der Waals surface area contributed by atoms with Crippen LogP contribution in [0.3, 0.4) is 0 Å². The highest BCUT2D eigenvalue weighted by atomic mass is 79.9. The first-order valence-corrected chi connectivity index (χ1v) is 7.61. The summed E-state index contributed by atoms with van der Waals surface area (Å²) in [5, 5.41) is 3.19. The molecular formula is C15H16BrF2N3. The molecule has 0 amide bonds. The summed E-state index contributed by atoms with van der Waals surface area (Å²) in [6, 6.07) is 3.30. The zero-order valence-electron chi connectivity index (χ0n) is 11.9. The lowest BCUT2D eigenvalue weighted by Gasteiger charge is -2.12. The highest BCUT2D eigenvalue weighted by Gasteiger charge is 2.13. The van der Waals surface area contributed by atoms with Crippen molar-refractivity contribution in [2.75, 3.05) is 11.9 Å². The number of nitrogens with one attached hydrogen (secondary N) is 1. The molecule has 0 atom stereocenters. The maximum Gasteiger partial charge on any atom is 0.162 e. The zero-order valence-corrected chi connectivity index (χ0v) is 13.5. The molecule has 2 aromatic rings. The molecule has 3 nitrogen and oxygen atoms in total. The van der Waals surface area contributed by atoms with E-state index in [-0.39, 0.29) is 0 Å². The number of nitrogens with zero attached hydrogens (tertiary/aromatic N) is 2. The Kier molecular flexibility index (Phi) is 5.22. The van der Waals surface area contributed by atoms with Crippen LogP contribution in [0.4, 0.5) is 14.6 Å². The third-order valence-corrected chi connectivity index (χ3v) is 3.75. The van der Waals surface area contributed by atoms with Crippen molar-refractivity contribution in [1.82, 2.24) is 9.97 Å². The standard InChI is InChI=1S/C15H16BrF2N3/c1-3-5-19-15-13(16)12(4-2)20-14(21-15)9-6-10(17)8-11(18)7-9/h6-8H,3-5H2,1-2H3,(H,19,20,21). The SMILES string of the molecule is CCCNc1nc(-c2cc(F)cc(F)c2)nc(CC)c1Br. The Morgan fingerprint density at radius 2 is 1.76 bits per heavy atom. The van der Waals surface area contributed by atoms with E-state index in [1.165, 1.54) is 12.1 Å². The fourth-order valence-electron chi connectivity index (χ4n) is 1.90. The minimum absolute atomic E-state index is 0.312. The highest BCUT2D eigenvalue weighted by Crippen LogP contribution is 2.28. The van der Waals surface area contributed by atoms with Gasteiger partial charge in [-0.3, -0.25) is 0 Å². The van der Waals surface area contributed by atoms with Crippen LogP contribution in [-0.2, 0) is 6.42 Å². The quantitative estimate of drug-likeness (QED) is 0.853. The van der Waals surface area contributed by atoms with Gasteiger partial charge >= 0.3 is 0 Å². The largest absolute Gasteiger partial charge is 0.369 e. The number of hydrogen-bond donors (Lipinski definition) is 1. The van der Waals surface area contributed by atoms with E-state index in [2.05, 4.69) is 31.2 Å². The Hall–Kier alpha value is -1.56. The van der Waals surface area contributed by atoms with Crippen molar-refractivity contribution in [2.45, 2.75) is 26.7 Å². The van der Waals surface area contributed by atoms with Crippen LogP contribution in [0.15, 0.2) is 22.7 Å². The average molecular weight is 356 g/mol. The second-order valence-electron chi connectivity index (χ2n) is 4.59. The van der Waals surface area contributed by atoms with Crippen LogP contribution in [0, 0.1) is 11.6 Å². The predicted octanol–water partition coefficient (Wildman–Crippen LogP) is 4.57. The van der Waals surface area contributed by atoms with E-state index in [0.717, 1.165) is 29.2 Å². The van der Waals surface area contributed by atoms with Gasteiger partial charge in [0, 0.05) is 18.2 Å². The number of anilines is 1. The van der Waals surface area contributed by atoms with Crippen molar-refractivity contribution >= 4 is 21.7 Å².